The Bertz CT molecular complexity index is 4010. The molecule has 3 aliphatic rings. The van der Waals surface area contributed by atoms with Crippen molar-refractivity contribution in [3.8, 4) is 61.7 Å². The maximum absolute atomic E-state index is 14.1. The first-order valence-electron chi connectivity index (χ1n) is 24.2. The van der Waals surface area contributed by atoms with Crippen LogP contribution in [-0.4, -0.2) is 12.6 Å². The molecule has 0 radical (unpaired) electrons. The highest BCUT2D eigenvalue weighted by molar-refractivity contribution is 6.89. The van der Waals surface area contributed by atoms with Gasteiger partial charge in [-0.1, -0.05) is 131 Å². The lowest BCUT2D eigenvalue weighted by Gasteiger charge is -2.25. The van der Waals surface area contributed by atoms with Gasteiger partial charge >= 0.3 is 11.5 Å². The fourth-order valence-corrected chi connectivity index (χ4v) is 13.7. The fourth-order valence-electron chi connectivity index (χ4n) is 12.0. The highest BCUT2D eigenvalue weighted by Crippen LogP contribution is 2.53. The molecule has 8 aromatic carbocycles. The number of furan rings is 1. The van der Waals surface area contributed by atoms with Crippen molar-refractivity contribution in [3.63, 3.8) is 0 Å². The molecule has 5 heterocycles. The van der Waals surface area contributed by atoms with Gasteiger partial charge in [-0.3, -0.25) is 0 Å². The van der Waals surface area contributed by atoms with Crippen LogP contribution >= 0.6 is 0 Å². The number of aromatic nitrogens is 3. The zero-order chi connectivity index (χ0) is 46.7. The van der Waals surface area contributed by atoms with Crippen molar-refractivity contribution in [3.05, 3.63) is 216 Å². The van der Waals surface area contributed by atoms with Crippen LogP contribution in [0.4, 0.5) is 4.39 Å². The van der Waals surface area contributed by atoms with Crippen molar-refractivity contribution in [1.82, 2.24) is 4.57 Å². The third-order valence-corrected chi connectivity index (χ3v) is 17.1. The number of fused-ring (bicyclic) bond motifs is 18. The molecular weight excluding hydrogens is 850 g/mol. The lowest BCUT2D eigenvalue weighted by Crippen LogP contribution is -2.72. The van der Waals surface area contributed by atoms with Crippen LogP contribution in [-0.2, 0) is 12.1 Å². The Labute approximate surface area is 397 Å². The molecule has 0 amide bonds. The van der Waals surface area contributed by atoms with Gasteiger partial charge in [0.05, 0.1) is 30.3 Å². The predicted octanol–water partition coefficient (Wildman–Crippen LogP) is 14.1. The summed E-state index contributed by atoms with van der Waals surface area (Å²) < 4.78 is 38.4. The monoisotopic (exact) mass is 898 g/mol. The standard InChI is InChI=1S/C62H48FN3OSi/c1-37(2)47-34-57-51-32-48-43(29-42-15-9-10-16-46(42)48)31-53(51)62(64(57)36-60(47)68(3,4)5)54-35-59-50(49-30-41(23-28-58(49)67-59)38-13-7-6-8-14-38)33-52(54)61-65(55-17-11-12-18-56(55)66(61)62)45-26-21-40(22-27-45)39-19-24-44(63)25-20-39/h6-28,30-37H,29H2,1-5H3/q+2/i37D. The zero-order valence-electron chi connectivity index (χ0n) is 39.7. The van der Waals surface area contributed by atoms with Gasteiger partial charge in [-0.25, -0.2) is 4.39 Å². The number of imidazole rings is 1. The second-order valence-corrected chi connectivity index (χ2v) is 25.3. The third kappa shape index (κ3) is 5.35. The smallest absolute Gasteiger partial charge is 0.364 e. The van der Waals surface area contributed by atoms with Gasteiger partial charge in [-0.2, -0.15) is 4.57 Å². The number of halogens is 1. The van der Waals surface area contributed by atoms with Gasteiger partial charge in [0.1, 0.15) is 22.7 Å². The minimum Gasteiger partial charge on any atom is -0.456 e. The highest BCUT2D eigenvalue weighted by Gasteiger charge is 2.67. The van der Waals surface area contributed by atoms with E-state index >= 15 is 0 Å². The summed E-state index contributed by atoms with van der Waals surface area (Å²) in [6.45, 7) is 11.3. The molecule has 68 heavy (non-hydrogen) atoms. The lowest BCUT2D eigenvalue weighted by atomic mass is 9.86. The first kappa shape index (κ1) is 38.4. The van der Waals surface area contributed by atoms with Crippen LogP contribution in [0.25, 0.3) is 94.7 Å². The van der Waals surface area contributed by atoms with Crippen LogP contribution in [0.1, 0.15) is 48.9 Å². The van der Waals surface area contributed by atoms with Crippen LogP contribution < -0.4 is 14.3 Å². The van der Waals surface area contributed by atoms with Gasteiger partial charge in [0.15, 0.2) is 17.2 Å². The minimum absolute atomic E-state index is 0.246. The van der Waals surface area contributed by atoms with Crippen molar-refractivity contribution in [1.29, 1.82) is 0 Å². The molecule has 0 bridgehead atoms. The Morgan fingerprint density at radius 1 is 0.618 bits per heavy atom. The van der Waals surface area contributed by atoms with Crippen LogP contribution in [0.5, 0.6) is 0 Å². The second kappa shape index (κ2) is 13.9. The second-order valence-electron chi connectivity index (χ2n) is 20.3. The van der Waals surface area contributed by atoms with Gasteiger partial charge < -0.3 is 4.42 Å². The van der Waals surface area contributed by atoms with Crippen LogP contribution in [0.3, 0.4) is 0 Å². The van der Waals surface area contributed by atoms with Crippen molar-refractivity contribution in [2.24, 2.45) is 0 Å². The van der Waals surface area contributed by atoms with Crippen molar-refractivity contribution in [2.75, 3.05) is 0 Å². The summed E-state index contributed by atoms with van der Waals surface area (Å²) in [7, 11) is -2.08. The average molecular weight is 899 g/mol. The Morgan fingerprint density at radius 2 is 1.29 bits per heavy atom. The van der Waals surface area contributed by atoms with Crippen LogP contribution in [0.15, 0.2) is 187 Å². The molecule has 1 spiro atoms. The van der Waals surface area contributed by atoms with Crippen LogP contribution in [0, 0.1) is 5.82 Å². The van der Waals surface area contributed by atoms with E-state index in [-0.39, 0.29) is 5.82 Å². The molecule has 1 unspecified atom stereocenters. The van der Waals surface area contributed by atoms with Gasteiger partial charge in [0.2, 0.25) is 5.69 Å². The molecule has 326 valence electrons. The lowest BCUT2D eigenvalue weighted by molar-refractivity contribution is -0.944. The van der Waals surface area contributed by atoms with Crippen molar-refractivity contribution in [2.45, 2.75) is 51.5 Å². The maximum atomic E-state index is 14.1. The first-order valence-corrected chi connectivity index (χ1v) is 27.2. The summed E-state index contributed by atoms with van der Waals surface area (Å²) in [4.78, 5) is 0. The van der Waals surface area contributed by atoms with E-state index in [1.807, 2.05) is 26.0 Å². The summed E-state index contributed by atoms with van der Waals surface area (Å²) in [6, 6.07) is 62.4. The average Bonchev–Trinajstić information content (AvgIpc) is 4.13. The molecule has 0 saturated heterocycles. The number of hydrogen-bond acceptors (Lipinski definition) is 1. The van der Waals surface area contributed by atoms with Crippen molar-refractivity contribution < 1.29 is 19.3 Å². The molecule has 14 rings (SSSR count). The SMILES string of the molecule is [2H]C(C)(C)c1cc2[n+](cc1[Si](C)(C)C)C1(c3cc4c(cc3-2)-c2ccccc2C4)c2cc3oc4ccc(-c5ccccc5)cc4c3cc2-c2n(-c3ccc(-c4ccc(F)cc4)cc3)c3ccccc3[n+]21. The minimum atomic E-state index is -2.08. The van der Waals surface area contributed by atoms with E-state index in [9.17, 15) is 5.76 Å². The number of rotatable bonds is 5. The van der Waals surface area contributed by atoms with E-state index in [1.165, 1.54) is 50.7 Å². The van der Waals surface area contributed by atoms with E-state index in [0.29, 0.717) is 0 Å². The molecule has 4 nitrogen and oxygen atoms in total. The molecular formula is C62H48FN3OSi+2. The van der Waals surface area contributed by atoms with E-state index < -0.39 is 19.6 Å². The van der Waals surface area contributed by atoms with Gasteiger partial charge in [0, 0.05) is 23.4 Å². The molecule has 6 heteroatoms. The van der Waals surface area contributed by atoms with E-state index in [1.54, 1.807) is 0 Å². The Morgan fingerprint density at radius 3 is 2.07 bits per heavy atom. The number of para-hydroxylation sites is 2. The van der Waals surface area contributed by atoms with Crippen molar-refractivity contribution >= 4 is 46.2 Å². The van der Waals surface area contributed by atoms with E-state index in [2.05, 4.69) is 191 Å². The largest absolute Gasteiger partial charge is 0.456 e. The van der Waals surface area contributed by atoms with Gasteiger partial charge in [-0.15, -0.1) is 9.13 Å². The number of nitrogens with zero attached hydrogens (tertiary/aromatic N) is 3. The Hall–Kier alpha value is -7.67. The molecule has 2 aliphatic heterocycles. The topological polar surface area (TPSA) is 25.8 Å². The molecule has 3 aromatic heterocycles. The van der Waals surface area contributed by atoms with E-state index in [4.69, 9.17) is 4.42 Å². The molecule has 11 aromatic rings. The fraction of sp³-hybridized carbons (Fsp3) is 0.129. The Kier molecular flexibility index (Phi) is 7.88. The zero-order valence-corrected chi connectivity index (χ0v) is 39.7. The van der Waals surface area contributed by atoms with Gasteiger partial charge in [0.25, 0.3) is 0 Å². The molecule has 0 saturated carbocycles. The third-order valence-electron chi connectivity index (χ3n) is 15.1. The summed E-state index contributed by atoms with van der Waals surface area (Å²) in [5.74, 6) is 0.000721. The summed E-state index contributed by atoms with van der Waals surface area (Å²) >= 11 is 0. The van der Waals surface area contributed by atoms with Gasteiger partial charge in [-0.05, 0) is 135 Å². The normalized spacial score (nSPS) is 15.7. The summed E-state index contributed by atoms with van der Waals surface area (Å²) in [5, 5.41) is 3.42. The molecule has 1 aliphatic carbocycles. The summed E-state index contributed by atoms with van der Waals surface area (Å²) in [6.07, 6.45) is 3.32. The molecule has 0 N–H and O–H groups in total. The highest BCUT2D eigenvalue weighted by atomic mass is 28.3. The summed E-state index contributed by atoms with van der Waals surface area (Å²) in [5.41, 5.74) is 20.4. The molecule has 1 atom stereocenters. The molecule has 0 fully saturated rings. The van der Waals surface area contributed by atoms with E-state index in [0.717, 1.165) is 95.5 Å². The predicted molar refractivity (Wildman–Crippen MR) is 276 cm³/mol. The number of hydrogen-bond donors (Lipinski definition) is 0. The number of pyridine rings is 1. The number of benzene rings is 8. The first-order chi connectivity index (χ1) is 33.4. The van der Waals surface area contributed by atoms with Crippen LogP contribution in [0.2, 0.25) is 19.6 Å². The maximum Gasteiger partial charge on any atom is 0.364 e. The quantitative estimate of drug-likeness (QED) is 0.125. The Balaban J connectivity index is 1.14.